The van der Waals surface area contributed by atoms with Crippen molar-refractivity contribution >= 4 is 21.7 Å². The first-order valence-electron chi connectivity index (χ1n) is 9.54. The van der Waals surface area contributed by atoms with E-state index in [0.717, 1.165) is 11.1 Å². The van der Waals surface area contributed by atoms with E-state index in [0.29, 0.717) is 23.5 Å². The molecule has 0 aliphatic carbocycles. The lowest BCUT2D eigenvalue weighted by Crippen LogP contribution is -2.53. The number of hydrogen-bond donors (Lipinski definition) is 0. The predicted molar refractivity (Wildman–Crippen MR) is 108 cm³/mol. The molecule has 0 atom stereocenters. The van der Waals surface area contributed by atoms with E-state index in [1.165, 1.54) is 11.2 Å². The number of amides is 1. The lowest BCUT2D eigenvalue weighted by atomic mass is 10.2. The van der Waals surface area contributed by atoms with Gasteiger partial charge in [0.05, 0.1) is 10.5 Å². The number of ketones is 1. The van der Waals surface area contributed by atoms with Crippen molar-refractivity contribution in [1.29, 1.82) is 0 Å². The maximum Gasteiger partial charge on any atom is 0.288 e. The zero-order chi connectivity index (χ0) is 21.2. The monoisotopic (exact) mass is 416 g/mol. The second-order valence-electron chi connectivity index (χ2n) is 7.37. The van der Waals surface area contributed by atoms with Gasteiger partial charge < -0.3 is 4.90 Å². The summed E-state index contributed by atoms with van der Waals surface area (Å²) in [6.07, 6.45) is 3.40. The van der Waals surface area contributed by atoms with Gasteiger partial charge in [0, 0.05) is 32.2 Å². The van der Waals surface area contributed by atoms with Crippen LogP contribution in [0.2, 0.25) is 0 Å². The first-order valence-corrected chi connectivity index (χ1v) is 11.0. The van der Waals surface area contributed by atoms with E-state index in [-0.39, 0.29) is 31.3 Å². The molecule has 1 amide bonds. The number of aromatic nitrogens is 1. The standard InChI is InChI=1S/C21H26N3O4S/c1-16-6-7-20(17(2)13-16)29(27,28)24-11-9-23(10-12-24)21(26)15-22-8-4-5-19(14-22)18(3)25/h4-8,13-14H,9-12,15H2,1-3H3/q+1. The highest BCUT2D eigenvalue weighted by atomic mass is 32.2. The predicted octanol–water partition coefficient (Wildman–Crippen LogP) is 1.33. The Hall–Kier alpha value is -2.58. The van der Waals surface area contributed by atoms with Gasteiger partial charge in [0.25, 0.3) is 5.91 Å². The highest BCUT2D eigenvalue weighted by Crippen LogP contribution is 2.22. The van der Waals surface area contributed by atoms with Gasteiger partial charge >= 0.3 is 0 Å². The van der Waals surface area contributed by atoms with Gasteiger partial charge in [-0.15, -0.1) is 0 Å². The minimum atomic E-state index is -3.58. The van der Waals surface area contributed by atoms with Crippen molar-refractivity contribution in [3.8, 4) is 0 Å². The Morgan fingerprint density at radius 2 is 1.76 bits per heavy atom. The Bertz CT molecular complexity index is 1040. The first-order chi connectivity index (χ1) is 13.7. The van der Waals surface area contributed by atoms with E-state index < -0.39 is 10.0 Å². The van der Waals surface area contributed by atoms with Gasteiger partial charge in [-0.05, 0) is 38.5 Å². The minimum Gasteiger partial charge on any atom is -0.335 e. The average Bonchev–Trinajstić information content (AvgIpc) is 2.68. The molecule has 29 heavy (non-hydrogen) atoms. The fraction of sp³-hybridized carbons (Fsp3) is 0.381. The fourth-order valence-electron chi connectivity index (χ4n) is 3.49. The second-order valence-corrected chi connectivity index (χ2v) is 9.28. The number of hydrogen-bond acceptors (Lipinski definition) is 4. The Morgan fingerprint density at radius 3 is 2.38 bits per heavy atom. The first kappa shape index (κ1) is 21.1. The summed E-state index contributed by atoms with van der Waals surface area (Å²) in [5.41, 5.74) is 2.29. The van der Waals surface area contributed by atoms with Gasteiger partial charge in [-0.2, -0.15) is 8.87 Å². The molecule has 1 saturated heterocycles. The molecule has 1 fully saturated rings. The number of rotatable bonds is 5. The maximum atomic E-state index is 13.0. The molecule has 1 aromatic carbocycles. The van der Waals surface area contributed by atoms with Crippen molar-refractivity contribution in [2.24, 2.45) is 0 Å². The Kier molecular flexibility index (Phi) is 6.14. The van der Waals surface area contributed by atoms with Crippen molar-refractivity contribution < 1.29 is 22.6 Å². The van der Waals surface area contributed by atoms with Gasteiger partial charge in [0.15, 0.2) is 18.2 Å². The second kappa shape index (κ2) is 8.42. The number of Topliss-reactive ketones (excluding diaryl/α,β-unsaturated/α-hetero) is 1. The molecule has 2 aromatic rings. The van der Waals surface area contributed by atoms with Crippen LogP contribution in [0.1, 0.15) is 28.4 Å². The molecule has 1 aliphatic rings. The molecule has 0 bridgehead atoms. The number of aryl methyl sites for hydroxylation is 2. The summed E-state index contributed by atoms with van der Waals surface area (Å²) >= 11 is 0. The molecular weight excluding hydrogens is 390 g/mol. The third kappa shape index (κ3) is 4.71. The Balaban J connectivity index is 1.64. The summed E-state index contributed by atoms with van der Waals surface area (Å²) < 4.78 is 29.1. The molecule has 0 saturated carbocycles. The third-order valence-electron chi connectivity index (χ3n) is 5.12. The summed E-state index contributed by atoms with van der Waals surface area (Å²) in [5.74, 6) is -0.156. The smallest absolute Gasteiger partial charge is 0.288 e. The summed E-state index contributed by atoms with van der Waals surface area (Å²) in [6, 6.07) is 8.75. The molecule has 0 unspecified atom stereocenters. The van der Waals surface area contributed by atoms with Crippen molar-refractivity contribution in [3.05, 3.63) is 59.4 Å². The fourth-order valence-corrected chi connectivity index (χ4v) is 5.12. The molecule has 2 heterocycles. The van der Waals surface area contributed by atoms with Crippen molar-refractivity contribution in [2.45, 2.75) is 32.2 Å². The number of pyridine rings is 1. The zero-order valence-corrected chi connectivity index (χ0v) is 17.8. The van der Waals surface area contributed by atoms with Crippen LogP contribution >= 0.6 is 0 Å². The van der Waals surface area contributed by atoms with Crippen LogP contribution < -0.4 is 4.57 Å². The van der Waals surface area contributed by atoms with Crippen LogP contribution in [0, 0.1) is 13.8 Å². The van der Waals surface area contributed by atoms with Crippen LogP contribution in [0.5, 0.6) is 0 Å². The summed E-state index contributed by atoms with van der Waals surface area (Å²) in [7, 11) is -3.58. The molecule has 0 spiro atoms. The van der Waals surface area contributed by atoms with Crippen LogP contribution in [-0.2, 0) is 21.4 Å². The highest BCUT2D eigenvalue weighted by molar-refractivity contribution is 7.89. The molecule has 1 aliphatic heterocycles. The summed E-state index contributed by atoms with van der Waals surface area (Å²) in [5, 5.41) is 0. The van der Waals surface area contributed by atoms with Gasteiger partial charge in [0.2, 0.25) is 16.6 Å². The largest absolute Gasteiger partial charge is 0.335 e. The topological polar surface area (TPSA) is 78.6 Å². The van der Waals surface area contributed by atoms with Gasteiger partial charge in [-0.3, -0.25) is 9.59 Å². The molecule has 0 N–H and O–H groups in total. The minimum absolute atomic E-state index is 0.0583. The van der Waals surface area contributed by atoms with Crippen LogP contribution in [-0.4, -0.2) is 55.5 Å². The van der Waals surface area contributed by atoms with Crippen LogP contribution in [0.3, 0.4) is 0 Å². The van der Waals surface area contributed by atoms with E-state index >= 15 is 0 Å². The van der Waals surface area contributed by atoms with Crippen LogP contribution in [0.4, 0.5) is 0 Å². The lowest BCUT2D eigenvalue weighted by Gasteiger charge is -2.33. The molecule has 1 aromatic heterocycles. The third-order valence-corrected chi connectivity index (χ3v) is 7.18. The van der Waals surface area contributed by atoms with E-state index in [1.54, 1.807) is 53.0 Å². The van der Waals surface area contributed by atoms with Gasteiger partial charge in [0.1, 0.15) is 0 Å². The molecule has 3 rings (SSSR count). The molecule has 154 valence electrons. The van der Waals surface area contributed by atoms with Gasteiger partial charge in [-0.1, -0.05) is 17.7 Å². The number of benzene rings is 1. The van der Waals surface area contributed by atoms with E-state index in [9.17, 15) is 18.0 Å². The number of nitrogens with zero attached hydrogens (tertiary/aromatic N) is 3. The van der Waals surface area contributed by atoms with E-state index in [4.69, 9.17) is 0 Å². The number of sulfonamides is 1. The van der Waals surface area contributed by atoms with Crippen molar-refractivity contribution in [2.75, 3.05) is 26.2 Å². The average molecular weight is 417 g/mol. The van der Waals surface area contributed by atoms with Crippen molar-refractivity contribution in [3.63, 3.8) is 0 Å². The lowest BCUT2D eigenvalue weighted by molar-refractivity contribution is -0.685. The number of piperazine rings is 1. The molecular formula is C21H26N3O4S+. The summed E-state index contributed by atoms with van der Waals surface area (Å²) in [4.78, 5) is 26.1. The van der Waals surface area contributed by atoms with Gasteiger partial charge in [-0.25, -0.2) is 8.42 Å². The molecule has 7 nitrogen and oxygen atoms in total. The highest BCUT2D eigenvalue weighted by Gasteiger charge is 2.31. The number of carbonyl (C=O) groups excluding carboxylic acids is 2. The molecule has 0 radical (unpaired) electrons. The summed E-state index contributed by atoms with van der Waals surface area (Å²) in [6.45, 7) is 6.54. The SMILES string of the molecule is CC(=O)c1ccc[n+](CC(=O)N2CCN(S(=O)(=O)c3ccc(C)cc3C)CC2)c1. The van der Waals surface area contributed by atoms with E-state index in [2.05, 4.69) is 0 Å². The Morgan fingerprint density at radius 1 is 1.07 bits per heavy atom. The number of carbonyl (C=O) groups is 2. The Labute approximate surface area is 171 Å². The van der Waals surface area contributed by atoms with E-state index in [1.807, 2.05) is 13.0 Å². The molecule has 8 heteroatoms. The normalized spacial score (nSPS) is 15.3. The zero-order valence-electron chi connectivity index (χ0n) is 17.0. The quantitative estimate of drug-likeness (QED) is 0.544. The van der Waals surface area contributed by atoms with Crippen LogP contribution in [0.15, 0.2) is 47.6 Å². The van der Waals surface area contributed by atoms with Crippen molar-refractivity contribution in [1.82, 2.24) is 9.21 Å². The maximum absolute atomic E-state index is 13.0. The van der Waals surface area contributed by atoms with Crippen LogP contribution in [0.25, 0.3) is 0 Å².